The summed E-state index contributed by atoms with van der Waals surface area (Å²) in [5, 5.41) is 2.19. The summed E-state index contributed by atoms with van der Waals surface area (Å²) in [6.45, 7) is 6.82. The fourth-order valence-electron chi connectivity index (χ4n) is 10.8. The van der Waals surface area contributed by atoms with Gasteiger partial charge in [0.25, 0.3) is 0 Å². The van der Waals surface area contributed by atoms with E-state index in [1.165, 1.54) is 55.6 Å². The predicted molar refractivity (Wildman–Crippen MR) is 281 cm³/mol. The summed E-state index contributed by atoms with van der Waals surface area (Å²) < 4.78 is 6.63. The quantitative estimate of drug-likeness (QED) is 0.151. The lowest BCUT2D eigenvalue weighted by molar-refractivity contribution is 0.590. The molecule has 10 aromatic carbocycles. The molecule has 0 aliphatic heterocycles. The number of nitrogens with zero attached hydrogens (tertiary/aromatic N) is 1. The Morgan fingerprint density at radius 3 is 1.69 bits per heavy atom. The van der Waals surface area contributed by atoms with E-state index in [1.54, 1.807) is 0 Å². The first-order valence-corrected chi connectivity index (χ1v) is 23.3. The molecule has 0 amide bonds. The Hall–Kier alpha value is -8.20. The van der Waals surface area contributed by atoms with Gasteiger partial charge < -0.3 is 9.32 Å². The Balaban J connectivity index is 1.13. The van der Waals surface area contributed by atoms with E-state index in [1.807, 2.05) is 0 Å². The highest BCUT2D eigenvalue weighted by atomic mass is 16.3. The molecule has 12 rings (SSSR count). The minimum absolute atomic E-state index is 0.0416. The summed E-state index contributed by atoms with van der Waals surface area (Å²) in [5.41, 5.74) is 20.3. The van der Waals surface area contributed by atoms with Crippen LogP contribution in [0.3, 0.4) is 0 Å². The van der Waals surface area contributed by atoms with Gasteiger partial charge in [0, 0.05) is 27.7 Å². The SMILES string of the molecule is CC(C)(C)c1ccc(-c2ccccc2N(c2cccc(C3(c4ccccc4)c4ccccc4-c4c(-c5ccccc5)cccc43)c2)c2ccc3oc4cccc(-c5ccccc5)c4c3c2)cc1. The van der Waals surface area contributed by atoms with Crippen molar-refractivity contribution in [1.29, 1.82) is 0 Å². The van der Waals surface area contributed by atoms with Crippen LogP contribution in [0.4, 0.5) is 17.1 Å². The third-order valence-corrected chi connectivity index (χ3v) is 13.9. The van der Waals surface area contributed by atoms with Crippen LogP contribution < -0.4 is 4.90 Å². The van der Waals surface area contributed by atoms with Crippen molar-refractivity contribution in [3.05, 3.63) is 270 Å². The maximum Gasteiger partial charge on any atom is 0.136 e. The van der Waals surface area contributed by atoms with Crippen LogP contribution >= 0.6 is 0 Å². The highest BCUT2D eigenvalue weighted by Gasteiger charge is 2.47. The first-order chi connectivity index (χ1) is 32.9. The van der Waals surface area contributed by atoms with Gasteiger partial charge >= 0.3 is 0 Å². The van der Waals surface area contributed by atoms with Crippen molar-refractivity contribution in [2.24, 2.45) is 0 Å². The van der Waals surface area contributed by atoms with Crippen LogP contribution in [0, 0.1) is 0 Å². The second-order valence-electron chi connectivity index (χ2n) is 18.8. The number of anilines is 3. The number of hydrogen-bond donors (Lipinski definition) is 0. The van der Waals surface area contributed by atoms with E-state index in [0.717, 1.165) is 55.7 Å². The molecule has 67 heavy (non-hydrogen) atoms. The van der Waals surface area contributed by atoms with Gasteiger partial charge in [-0.15, -0.1) is 0 Å². The zero-order valence-electron chi connectivity index (χ0n) is 37.9. The molecule has 0 bridgehead atoms. The molecule has 1 aliphatic carbocycles. The van der Waals surface area contributed by atoms with Gasteiger partial charge in [-0.25, -0.2) is 0 Å². The van der Waals surface area contributed by atoms with E-state index < -0.39 is 5.41 Å². The van der Waals surface area contributed by atoms with Gasteiger partial charge in [-0.05, 0) is 115 Å². The van der Waals surface area contributed by atoms with E-state index in [9.17, 15) is 0 Å². The maximum atomic E-state index is 6.63. The fraction of sp³-hybridized carbons (Fsp3) is 0.0769. The van der Waals surface area contributed by atoms with Crippen molar-refractivity contribution in [2.75, 3.05) is 4.90 Å². The molecule has 1 heterocycles. The predicted octanol–water partition coefficient (Wildman–Crippen LogP) is 17.7. The van der Waals surface area contributed by atoms with Gasteiger partial charge in [-0.3, -0.25) is 0 Å². The Kier molecular flexibility index (Phi) is 9.66. The van der Waals surface area contributed by atoms with Crippen LogP contribution in [0.1, 0.15) is 48.6 Å². The molecular formula is C65H49NO. The van der Waals surface area contributed by atoms with Crippen LogP contribution in [0.15, 0.2) is 247 Å². The van der Waals surface area contributed by atoms with Gasteiger partial charge in [0.15, 0.2) is 0 Å². The van der Waals surface area contributed by atoms with E-state index in [0.29, 0.717) is 0 Å². The summed E-state index contributed by atoms with van der Waals surface area (Å²) in [6, 6.07) is 89.0. The number of rotatable bonds is 8. The highest BCUT2D eigenvalue weighted by Crippen LogP contribution is 2.59. The average Bonchev–Trinajstić information content (AvgIpc) is 3.91. The van der Waals surface area contributed by atoms with Crippen LogP contribution in [0.5, 0.6) is 0 Å². The zero-order chi connectivity index (χ0) is 45.1. The van der Waals surface area contributed by atoms with Crippen molar-refractivity contribution in [3.63, 3.8) is 0 Å². The average molecular weight is 860 g/mol. The summed E-state index contributed by atoms with van der Waals surface area (Å²) in [7, 11) is 0. The summed E-state index contributed by atoms with van der Waals surface area (Å²) >= 11 is 0. The highest BCUT2D eigenvalue weighted by molar-refractivity contribution is 6.13. The minimum Gasteiger partial charge on any atom is -0.456 e. The number of para-hydroxylation sites is 1. The topological polar surface area (TPSA) is 16.4 Å². The van der Waals surface area contributed by atoms with Gasteiger partial charge in [0.05, 0.1) is 11.1 Å². The first-order valence-electron chi connectivity index (χ1n) is 23.3. The molecule has 0 fully saturated rings. The lowest BCUT2D eigenvalue weighted by Crippen LogP contribution is -2.29. The first kappa shape index (κ1) is 40.3. The third kappa shape index (κ3) is 6.63. The van der Waals surface area contributed by atoms with Crippen molar-refractivity contribution in [3.8, 4) is 44.5 Å². The molecule has 0 N–H and O–H groups in total. The van der Waals surface area contributed by atoms with Crippen LogP contribution in [-0.2, 0) is 10.8 Å². The number of benzene rings is 10. The standard InChI is InChI=1S/C65H49NO/c1-64(2,3)47-38-36-46(37-39-47)52-28-14-16-34-59(52)66(51-40-41-60-56(43-51)63-54(31-19-35-61(63)67-60)45-22-9-5-10-23-45)50-27-17-26-49(42-50)65(48-24-11-6-12-25-48)57-32-15-13-29-55(57)62-53(30-18-33-58(62)65)44-20-7-4-8-21-44/h4-43H,1-3H3. The van der Waals surface area contributed by atoms with E-state index in [2.05, 4.69) is 268 Å². The zero-order valence-corrected chi connectivity index (χ0v) is 37.9. The fourth-order valence-corrected chi connectivity index (χ4v) is 10.8. The smallest absolute Gasteiger partial charge is 0.136 e. The molecule has 2 heteroatoms. The summed E-state index contributed by atoms with van der Waals surface area (Å²) in [4.78, 5) is 2.46. The monoisotopic (exact) mass is 859 g/mol. The number of furan rings is 1. The molecule has 2 nitrogen and oxygen atoms in total. The van der Waals surface area contributed by atoms with Crippen molar-refractivity contribution in [2.45, 2.75) is 31.6 Å². The minimum atomic E-state index is -0.614. The van der Waals surface area contributed by atoms with E-state index in [-0.39, 0.29) is 5.41 Å². The molecular weight excluding hydrogens is 811 g/mol. The molecule has 0 saturated heterocycles. The van der Waals surface area contributed by atoms with Crippen molar-refractivity contribution in [1.82, 2.24) is 0 Å². The van der Waals surface area contributed by atoms with Gasteiger partial charge in [-0.1, -0.05) is 221 Å². The number of hydrogen-bond acceptors (Lipinski definition) is 2. The van der Waals surface area contributed by atoms with E-state index >= 15 is 0 Å². The Labute approximate surface area is 393 Å². The molecule has 320 valence electrons. The van der Waals surface area contributed by atoms with Crippen molar-refractivity contribution < 1.29 is 4.42 Å². The Bertz CT molecular complexity index is 3600. The van der Waals surface area contributed by atoms with Gasteiger partial charge in [0.2, 0.25) is 0 Å². The maximum absolute atomic E-state index is 6.63. The lowest BCUT2D eigenvalue weighted by Gasteiger charge is -2.35. The molecule has 1 unspecified atom stereocenters. The second kappa shape index (κ2) is 16.0. The van der Waals surface area contributed by atoms with E-state index in [4.69, 9.17) is 4.42 Å². The Morgan fingerprint density at radius 2 is 0.940 bits per heavy atom. The molecule has 11 aromatic rings. The molecule has 1 aliphatic rings. The van der Waals surface area contributed by atoms with Gasteiger partial charge in [0.1, 0.15) is 11.2 Å². The Morgan fingerprint density at radius 1 is 0.388 bits per heavy atom. The number of fused-ring (bicyclic) bond motifs is 6. The van der Waals surface area contributed by atoms with Crippen LogP contribution in [0.2, 0.25) is 0 Å². The summed E-state index contributed by atoms with van der Waals surface area (Å²) in [6.07, 6.45) is 0. The lowest BCUT2D eigenvalue weighted by atomic mass is 9.67. The largest absolute Gasteiger partial charge is 0.456 e. The van der Waals surface area contributed by atoms with Crippen LogP contribution in [0.25, 0.3) is 66.4 Å². The van der Waals surface area contributed by atoms with Gasteiger partial charge in [-0.2, -0.15) is 0 Å². The molecule has 0 saturated carbocycles. The summed E-state index contributed by atoms with van der Waals surface area (Å²) in [5.74, 6) is 0. The molecule has 1 aromatic heterocycles. The second-order valence-corrected chi connectivity index (χ2v) is 18.8. The van der Waals surface area contributed by atoms with Crippen LogP contribution in [-0.4, -0.2) is 0 Å². The third-order valence-electron chi connectivity index (χ3n) is 13.9. The molecule has 0 radical (unpaired) electrons. The molecule has 1 atom stereocenters. The van der Waals surface area contributed by atoms with Crippen molar-refractivity contribution >= 4 is 39.0 Å². The normalized spacial score (nSPS) is 14.3. The molecule has 0 spiro atoms.